The Morgan fingerprint density at radius 1 is 1.20 bits per heavy atom. The van der Waals surface area contributed by atoms with Gasteiger partial charge in [0.15, 0.2) is 0 Å². The van der Waals surface area contributed by atoms with E-state index < -0.39 is 0 Å². The standard InChI is InChI=1S/C13H30BN/c1-8-14(7)9-13(6,10(2)3)11(4)12(5)15/h10-12H,8-9,15H2,1-7H3/t11-,12?,13?/m1/s1. The smallest absolute Gasteiger partial charge is 0.136 e. The van der Waals surface area contributed by atoms with Crippen molar-refractivity contribution in [2.24, 2.45) is 23.0 Å². The van der Waals surface area contributed by atoms with Crippen molar-refractivity contribution in [2.75, 3.05) is 0 Å². The number of nitrogens with two attached hydrogens (primary N) is 1. The first-order chi connectivity index (χ1) is 6.75. The van der Waals surface area contributed by atoms with Crippen molar-refractivity contribution in [3.63, 3.8) is 0 Å². The molecule has 0 amide bonds. The van der Waals surface area contributed by atoms with Gasteiger partial charge in [-0.15, -0.1) is 0 Å². The first-order valence-corrected chi connectivity index (χ1v) is 6.51. The summed E-state index contributed by atoms with van der Waals surface area (Å²) in [6, 6.07) is 0.293. The number of hydrogen-bond acceptors (Lipinski definition) is 1. The molecule has 0 fully saturated rings. The normalized spacial score (nSPS) is 19.8. The zero-order valence-corrected chi connectivity index (χ0v) is 11.8. The predicted molar refractivity (Wildman–Crippen MR) is 72.7 cm³/mol. The second kappa shape index (κ2) is 5.93. The first-order valence-electron chi connectivity index (χ1n) is 6.51. The van der Waals surface area contributed by atoms with Crippen molar-refractivity contribution in [3.8, 4) is 0 Å². The van der Waals surface area contributed by atoms with Crippen LogP contribution in [0.3, 0.4) is 0 Å². The maximum Gasteiger partial charge on any atom is 0.136 e. The van der Waals surface area contributed by atoms with Gasteiger partial charge in [0.2, 0.25) is 0 Å². The fourth-order valence-corrected chi connectivity index (χ4v) is 2.44. The molecular weight excluding hydrogens is 181 g/mol. The van der Waals surface area contributed by atoms with Gasteiger partial charge in [0, 0.05) is 6.04 Å². The summed E-state index contributed by atoms with van der Waals surface area (Å²) in [6.07, 6.45) is 2.57. The molecule has 0 aliphatic rings. The third-order valence-corrected chi connectivity index (χ3v) is 4.63. The molecule has 0 radical (unpaired) electrons. The molecule has 0 rings (SSSR count). The van der Waals surface area contributed by atoms with Crippen molar-refractivity contribution in [3.05, 3.63) is 0 Å². The molecule has 0 spiro atoms. The topological polar surface area (TPSA) is 26.0 Å². The Hall–Kier alpha value is 0.0249. The summed E-state index contributed by atoms with van der Waals surface area (Å²) in [4.78, 5) is 0. The molecule has 0 saturated heterocycles. The van der Waals surface area contributed by atoms with Crippen molar-refractivity contribution >= 4 is 6.71 Å². The lowest BCUT2D eigenvalue weighted by atomic mass is 9.40. The van der Waals surface area contributed by atoms with Crippen molar-refractivity contribution in [2.45, 2.75) is 67.0 Å². The van der Waals surface area contributed by atoms with Crippen LogP contribution in [0.5, 0.6) is 0 Å². The van der Waals surface area contributed by atoms with Gasteiger partial charge >= 0.3 is 0 Å². The van der Waals surface area contributed by atoms with Gasteiger partial charge in [-0.1, -0.05) is 54.1 Å². The molecule has 0 bridgehead atoms. The van der Waals surface area contributed by atoms with Gasteiger partial charge < -0.3 is 5.73 Å². The van der Waals surface area contributed by atoms with Gasteiger partial charge in [0.1, 0.15) is 6.71 Å². The van der Waals surface area contributed by atoms with E-state index in [1.807, 2.05) is 0 Å². The maximum atomic E-state index is 6.08. The van der Waals surface area contributed by atoms with E-state index in [9.17, 15) is 0 Å². The summed E-state index contributed by atoms with van der Waals surface area (Å²) < 4.78 is 0. The van der Waals surface area contributed by atoms with Crippen LogP contribution in [0.4, 0.5) is 0 Å². The van der Waals surface area contributed by atoms with Crippen molar-refractivity contribution in [1.82, 2.24) is 0 Å². The lowest BCUT2D eigenvalue weighted by Gasteiger charge is -2.43. The number of hydrogen-bond donors (Lipinski definition) is 1. The van der Waals surface area contributed by atoms with Crippen LogP contribution in [-0.4, -0.2) is 12.8 Å². The predicted octanol–water partition coefficient (Wildman–Crippen LogP) is 3.78. The zero-order chi connectivity index (χ0) is 12.2. The SMILES string of the molecule is CCB(C)CC(C)(C(C)C)[C@H](C)C(C)N. The van der Waals surface area contributed by atoms with Crippen LogP contribution < -0.4 is 5.73 Å². The van der Waals surface area contributed by atoms with Gasteiger partial charge in [0.25, 0.3) is 0 Å². The van der Waals surface area contributed by atoms with Crippen LogP contribution in [0.1, 0.15) is 41.5 Å². The Morgan fingerprint density at radius 3 is 1.93 bits per heavy atom. The lowest BCUT2D eigenvalue weighted by Crippen LogP contribution is -2.42. The lowest BCUT2D eigenvalue weighted by molar-refractivity contribution is 0.132. The van der Waals surface area contributed by atoms with Gasteiger partial charge in [-0.05, 0) is 24.2 Å². The average Bonchev–Trinajstić information content (AvgIpc) is 2.15. The van der Waals surface area contributed by atoms with Gasteiger partial charge in [-0.25, -0.2) is 0 Å². The fourth-order valence-electron chi connectivity index (χ4n) is 2.44. The summed E-state index contributed by atoms with van der Waals surface area (Å²) in [5.41, 5.74) is 6.46. The summed E-state index contributed by atoms with van der Waals surface area (Å²) in [5.74, 6) is 1.29. The molecule has 2 N–H and O–H groups in total. The van der Waals surface area contributed by atoms with E-state index in [1.165, 1.54) is 12.6 Å². The van der Waals surface area contributed by atoms with E-state index in [0.717, 1.165) is 6.71 Å². The Bertz CT molecular complexity index is 179. The van der Waals surface area contributed by atoms with Crippen LogP contribution in [0, 0.1) is 17.3 Å². The molecule has 1 nitrogen and oxygen atoms in total. The summed E-state index contributed by atoms with van der Waals surface area (Å²) in [6.45, 7) is 17.0. The molecule has 0 heterocycles. The second-order valence-corrected chi connectivity index (χ2v) is 6.03. The third-order valence-electron chi connectivity index (χ3n) is 4.63. The molecule has 0 aliphatic heterocycles. The highest BCUT2D eigenvalue weighted by Gasteiger charge is 2.37. The van der Waals surface area contributed by atoms with E-state index in [1.54, 1.807) is 0 Å². The minimum atomic E-state index is 0.293. The average molecular weight is 211 g/mol. The fraction of sp³-hybridized carbons (Fsp3) is 1.00. The van der Waals surface area contributed by atoms with Crippen molar-refractivity contribution in [1.29, 1.82) is 0 Å². The van der Waals surface area contributed by atoms with Crippen LogP contribution in [0.25, 0.3) is 0 Å². The summed E-state index contributed by atoms with van der Waals surface area (Å²) in [7, 11) is 0. The van der Waals surface area contributed by atoms with E-state index in [2.05, 4.69) is 48.4 Å². The van der Waals surface area contributed by atoms with Gasteiger partial charge in [0.05, 0.1) is 0 Å². The van der Waals surface area contributed by atoms with E-state index in [0.29, 0.717) is 23.3 Å². The molecule has 2 unspecified atom stereocenters. The minimum absolute atomic E-state index is 0.293. The van der Waals surface area contributed by atoms with Gasteiger partial charge in [-0.3, -0.25) is 0 Å². The van der Waals surface area contributed by atoms with Gasteiger partial charge in [-0.2, -0.15) is 0 Å². The molecule has 15 heavy (non-hydrogen) atoms. The summed E-state index contributed by atoms with van der Waals surface area (Å²) >= 11 is 0. The molecule has 0 aromatic rings. The zero-order valence-electron chi connectivity index (χ0n) is 11.8. The maximum absolute atomic E-state index is 6.08. The molecule has 0 aromatic carbocycles. The Labute approximate surface area is 97.3 Å². The van der Waals surface area contributed by atoms with Crippen LogP contribution in [0.2, 0.25) is 19.5 Å². The van der Waals surface area contributed by atoms with Crippen LogP contribution >= 0.6 is 0 Å². The molecule has 0 aliphatic carbocycles. The highest BCUT2D eigenvalue weighted by Crippen LogP contribution is 2.42. The highest BCUT2D eigenvalue weighted by molar-refractivity contribution is 6.57. The first kappa shape index (κ1) is 15.0. The third kappa shape index (κ3) is 3.83. The Morgan fingerprint density at radius 2 is 1.67 bits per heavy atom. The minimum Gasteiger partial charge on any atom is -0.328 e. The van der Waals surface area contributed by atoms with E-state index >= 15 is 0 Å². The van der Waals surface area contributed by atoms with Crippen LogP contribution in [0.15, 0.2) is 0 Å². The Balaban J connectivity index is 4.73. The largest absolute Gasteiger partial charge is 0.328 e. The van der Waals surface area contributed by atoms with E-state index in [4.69, 9.17) is 5.73 Å². The quantitative estimate of drug-likeness (QED) is 0.665. The van der Waals surface area contributed by atoms with Crippen LogP contribution in [-0.2, 0) is 0 Å². The second-order valence-electron chi connectivity index (χ2n) is 6.03. The highest BCUT2D eigenvalue weighted by atomic mass is 14.6. The molecule has 0 aromatic heterocycles. The molecule has 0 saturated carbocycles. The molecule has 90 valence electrons. The van der Waals surface area contributed by atoms with E-state index in [-0.39, 0.29) is 0 Å². The van der Waals surface area contributed by atoms with Crippen molar-refractivity contribution < 1.29 is 0 Å². The Kier molecular flexibility index (Phi) is 5.94. The molecule has 3 atom stereocenters. The monoisotopic (exact) mass is 211 g/mol. The molecular formula is C13H30BN. The number of rotatable bonds is 6. The molecule has 2 heteroatoms. The summed E-state index contributed by atoms with van der Waals surface area (Å²) in [5, 5.41) is 0.